The summed E-state index contributed by atoms with van der Waals surface area (Å²) >= 11 is 0. The minimum absolute atomic E-state index is 0.472. The molecule has 0 saturated carbocycles. The van der Waals surface area contributed by atoms with Crippen molar-refractivity contribution in [2.24, 2.45) is 16.6 Å². The van der Waals surface area contributed by atoms with Crippen LogP contribution < -0.4 is 11.1 Å². The first-order chi connectivity index (χ1) is 8.61. The van der Waals surface area contributed by atoms with Crippen molar-refractivity contribution in [1.82, 2.24) is 5.32 Å². The Balaban J connectivity index is 2.40. The highest BCUT2D eigenvalue weighted by Gasteiger charge is 1.96. The fraction of sp³-hybridized carbons (Fsp3) is 0.429. The molecule has 1 aromatic rings. The highest BCUT2D eigenvalue weighted by molar-refractivity contribution is 5.77. The number of hydrogen-bond acceptors (Lipinski definition) is 2. The number of aliphatic imine (C=N–C) groups is 1. The lowest BCUT2D eigenvalue weighted by Gasteiger charge is -2.07. The zero-order valence-electron chi connectivity index (χ0n) is 11.0. The molecule has 0 fully saturated rings. The molecular formula is C14H20N4. The van der Waals surface area contributed by atoms with Gasteiger partial charge in [0.15, 0.2) is 5.96 Å². The van der Waals surface area contributed by atoms with Crippen molar-refractivity contribution in [1.29, 1.82) is 5.26 Å². The molecule has 0 spiro atoms. The third-order valence-electron chi connectivity index (χ3n) is 2.54. The topological polar surface area (TPSA) is 74.2 Å². The molecule has 0 radical (unpaired) electrons. The fourth-order valence-electron chi connectivity index (χ4n) is 1.41. The molecular weight excluding hydrogens is 224 g/mol. The maximum Gasteiger partial charge on any atom is 0.188 e. The summed E-state index contributed by atoms with van der Waals surface area (Å²) in [4.78, 5) is 4.25. The molecule has 0 amide bonds. The number of nitriles is 1. The van der Waals surface area contributed by atoms with Gasteiger partial charge in [-0.25, -0.2) is 4.99 Å². The molecule has 0 aliphatic rings. The van der Waals surface area contributed by atoms with E-state index in [-0.39, 0.29) is 0 Å². The van der Waals surface area contributed by atoms with Crippen LogP contribution in [0.1, 0.15) is 31.4 Å². The molecule has 0 aliphatic heterocycles. The molecule has 0 saturated heterocycles. The number of hydrogen-bond donors (Lipinski definition) is 2. The Kier molecular flexibility index (Phi) is 5.72. The lowest BCUT2D eigenvalue weighted by molar-refractivity contribution is 0.576. The molecule has 96 valence electrons. The van der Waals surface area contributed by atoms with E-state index in [2.05, 4.69) is 30.2 Å². The summed E-state index contributed by atoms with van der Waals surface area (Å²) in [7, 11) is 0. The molecule has 0 aromatic heterocycles. The number of nitrogens with two attached hydrogens (primary N) is 1. The molecule has 4 heteroatoms. The van der Waals surface area contributed by atoms with Crippen molar-refractivity contribution in [3.63, 3.8) is 0 Å². The highest BCUT2D eigenvalue weighted by atomic mass is 15.1. The van der Waals surface area contributed by atoms with Gasteiger partial charge in [0, 0.05) is 6.54 Å². The van der Waals surface area contributed by atoms with Crippen LogP contribution in [0, 0.1) is 17.2 Å². The Labute approximate surface area is 109 Å². The molecule has 0 heterocycles. The largest absolute Gasteiger partial charge is 0.370 e. The second-order valence-electron chi connectivity index (χ2n) is 4.62. The molecule has 4 nitrogen and oxygen atoms in total. The summed E-state index contributed by atoms with van der Waals surface area (Å²) < 4.78 is 0. The summed E-state index contributed by atoms with van der Waals surface area (Å²) in [6, 6.07) is 9.44. The monoisotopic (exact) mass is 244 g/mol. The van der Waals surface area contributed by atoms with Crippen LogP contribution in [0.15, 0.2) is 29.3 Å². The number of nitrogens with zero attached hydrogens (tertiary/aromatic N) is 2. The highest BCUT2D eigenvalue weighted by Crippen LogP contribution is 2.04. The van der Waals surface area contributed by atoms with Gasteiger partial charge in [-0.3, -0.25) is 0 Å². The summed E-state index contributed by atoms with van der Waals surface area (Å²) in [5.41, 5.74) is 7.45. The van der Waals surface area contributed by atoms with Gasteiger partial charge in [-0.1, -0.05) is 26.0 Å². The zero-order chi connectivity index (χ0) is 13.4. The third kappa shape index (κ3) is 5.35. The van der Waals surface area contributed by atoms with E-state index in [1.54, 1.807) is 12.1 Å². The normalized spacial score (nSPS) is 11.3. The minimum atomic E-state index is 0.472. The maximum atomic E-state index is 8.68. The average Bonchev–Trinajstić information content (AvgIpc) is 2.36. The Hall–Kier alpha value is -2.02. The van der Waals surface area contributed by atoms with E-state index < -0.39 is 0 Å². The molecule has 0 aliphatic carbocycles. The predicted octanol–water partition coefficient (Wildman–Crippen LogP) is 2.01. The lowest BCUT2D eigenvalue weighted by Crippen LogP contribution is -2.32. The van der Waals surface area contributed by atoms with Crippen LogP contribution in [-0.2, 0) is 6.54 Å². The Morgan fingerprint density at radius 3 is 2.61 bits per heavy atom. The number of nitrogens with one attached hydrogen (secondary N) is 1. The number of rotatable bonds is 5. The van der Waals surface area contributed by atoms with Crippen molar-refractivity contribution in [3.05, 3.63) is 35.4 Å². The van der Waals surface area contributed by atoms with E-state index in [9.17, 15) is 0 Å². The molecule has 1 rings (SSSR count). The van der Waals surface area contributed by atoms with Crippen LogP contribution in [-0.4, -0.2) is 12.5 Å². The lowest BCUT2D eigenvalue weighted by atomic mass is 10.1. The van der Waals surface area contributed by atoms with Gasteiger partial charge in [0.05, 0.1) is 18.2 Å². The van der Waals surface area contributed by atoms with Crippen molar-refractivity contribution in [3.8, 4) is 6.07 Å². The van der Waals surface area contributed by atoms with E-state index in [1.807, 2.05) is 12.1 Å². The Morgan fingerprint density at radius 1 is 1.39 bits per heavy atom. The van der Waals surface area contributed by atoms with Crippen molar-refractivity contribution in [2.45, 2.75) is 26.8 Å². The van der Waals surface area contributed by atoms with E-state index in [0.717, 1.165) is 18.5 Å². The molecule has 0 atom stereocenters. The summed E-state index contributed by atoms with van der Waals surface area (Å²) in [6.07, 6.45) is 1.08. The van der Waals surface area contributed by atoms with Crippen LogP contribution >= 0.6 is 0 Å². The van der Waals surface area contributed by atoms with E-state index in [1.165, 1.54) is 0 Å². The summed E-state index contributed by atoms with van der Waals surface area (Å²) in [5, 5.41) is 11.8. The first kappa shape index (κ1) is 14.0. The van der Waals surface area contributed by atoms with Crippen LogP contribution in [0.25, 0.3) is 0 Å². The second-order valence-corrected chi connectivity index (χ2v) is 4.62. The third-order valence-corrected chi connectivity index (χ3v) is 2.54. The smallest absolute Gasteiger partial charge is 0.188 e. The SMILES string of the molecule is CC(C)CCNC(N)=NCc1ccc(C#N)cc1. The number of guanidine groups is 1. The number of benzene rings is 1. The molecule has 18 heavy (non-hydrogen) atoms. The standard InChI is InChI=1S/C14H20N4/c1-11(2)7-8-17-14(16)18-10-13-5-3-12(9-15)4-6-13/h3-6,11H,7-8,10H2,1-2H3,(H3,16,17,18). The van der Waals surface area contributed by atoms with Gasteiger partial charge in [0.25, 0.3) is 0 Å². The minimum Gasteiger partial charge on any atom is -0.370 e. The maximum absolute atomic E-state index is 8.68. The Morgan fingerprint density at radius 2 is 2.06 bits per heavy atom. The van der Waals surface area contributed by atoms with Gasteiger partial charge >= 0.3 is 0 Å². The van der Waals surface area contributed by atoms with E-state index in [4.69, 9.17) is 11.0 Å². The van der Waals surface area contributed by atoms with Gasteiger partial charge in [-0.05, 0) is 30.0 Å². The van der Waals surface area contributed by atoms with Gasteiger partial charge < -0.3 is 11.1 Å². The Bertz CT molecular complexity index is 426. The molecule has 3 N–H and O–H groups in total. The zero-order valence-corrected chi connectivity index (χ0v) is 11.0. The van der Waals surface area contributed by atoms with Crippen molar-refractivity contribution < 1.29 is 0 Å². The van der Waals surface area contributed by atoms with E-state index in [0.29, 0.717) is 24.0 Å². The van der Waals surface area contributed by atoms with Crippen molar-refractivity contribution >= 4 is 5.96 Å². The summed E-state index contributed by atoms with van der Waals surface area (Å²) in [6.45, 7) is 5.73. The van der Waals surface area contributed by atoms with E-state index >= 15 is 0 Å². The van der Waals surface area contributed by atoms with Gasteiger partial charge in [0.2, 0.25) is 0 Å². The molecule has 0 bridgehead atoms. The van der Waals surface area contributed by atoms with Gasteiger partial charge in [0.1, 0.15) is 0 Å². The molecule has 0 unspecified atom stereocenters. The first-order valence-corrected chi connectivity index (χ1v) is 6.14. The van der Waals surface area contributed by atoms with Crippen molar-refractivity contribution in [2.75, 3.05) is 6.54 Å². The predicted molar refractivity (Wildman–Crippen MR) is 73.9 cm³/mol. The quantitative estimate of drug-likeness (QED) is 0.614. The van der Waals surface area contributed by atoms with Crippen LogP contribution in [0.2, 0.25) is 0 Å². The average molecular weight is 244 g/mol. The molecule has 1 aromatic carbocycles. The second kappa shape index (κ2) is 7.33. The van der Waals surface area contributed by atoms with Crippen LogP contribution in [0.5, 0.6) is 0 Å². The van der Waals surface area contributed by atoms with Crippen LogP contribution in [0.4, 0.5) is 0 Å². The van der Waals surface area contributed by atoms with Gasteiger partial charge in [-0.15, -0.1) is 0 Å². The fourth-order valence-corrected chi connectivity index (χ4v) is 1.41. The van der Waals surface area contributed by atoms with Gasteiger partial charge in [-0.2, -0.15) is 5.26 Å². The van der Waals surface area contributed by atoms with Crippen LogP contribution in [0.3, 0.4) is 0 Å². The summed E-state index contributed by atoms with van der Waals surface area (Å²) in [5.74, 6) is 1.13. The first-order valence-electron chi connectivity index (χ1n) is 6.14.